The molecule has 0 spiro atoms. The molecular formula is C16H10F5N3. The summed E-state index contributed by atoms with van der Waals surface area (Å²) in [6.45, 7) is -0.0928. The summed E-state index contributed by atoms with van der Waals surface area (Å²) in [4.78, 5) is 7.48. The van der Waals surface area contributed by atoms with E-state index in [1.54, 1.807) is 12.1 Å². The highest BCUT2D eigenvalue weighted by Crippen LogP contribution is 2.31. The SMILES string of the molecule is Fc1ccc(Cn2cc(C(F)(F)F)nc2-c2cccnc2)cc1F. The summed E-state index contributed by atoms with van der Waals surface area (Å²) in [5, 5.41) is 0. The molecule has 0 aliphatic heterocycles. The van der Waals surface area contributed by atoms with Gasteiger partial charge in [-0.1, -0.05) is 6.07 Å². The quantitative estimate of drug-likeness (QED) is 0.667. The second kappa shape index (κ2) is 6.03. The van der Waals surface area contributed by atoms with Gasteiger partial charge in [0, 0.05) is 30.7 Å². The van der Waals surface area contributed by atoms with E-state index in [9.17, 15) is 22.0 Å². The van der Waals surface area contributed by atoms with Crippen LogP contribution in [0, 0.1) is 11.6 Å². The molecule has 0 N–H and O–H groups in total. The lowest BCUT2D eigenvalue weighted by atomic mass is 10.2. The van der Waals surface area contributed by atoms with Gasteiger partial charge in [-0.25, -0.2) is 13.8 Å². The summed E-state index contributed by atoms with van der Waals surface area (Å²) in [7, 11) is 0. The normalized spacial score (nSPS) is 11.7. The van der Waals surface area contributed by atoms with Crippen molar-refractivity contribution in [1.82, 2.24) is 14.5 Å². The van der Waals surface area contributed by atoms with E-state index >= 15 is 0 Å². The smallest absolute Gasteiger partial charge is 0.326 e. The molecular weight excluding hydrogens is 329 g/mol. The molecule has 124 valence electrons. The van der Waals surface area contributed by atoms with Crippen LogP contribution in [-0.4, -0.2) is 14.5 Å². The Morgan fingerprint density at radius 2 is 1.83 bits per heavy atom. The number of alkyl halides is 3. The average molecular weight is 339 g/mol. The van der Waals surface area contributed by atoms with E-state index in [0.717, 1.165) is 18.3 Å². The van der Waals surface area contributed by atoms with Crippen molar-refractivity contribution in [2.45, 2.75) is 12.7 Å². The van der Waals surface area contributed by atoms with Gasteiger partial charge in [-0.05, 0) is 29.8 Å². The lowest BCUT2D eigenvalue weighted by Crippen LogP contribution is -2.05. The topological polar surface area (TPSA) is 30.7 Å². The number of benzene rings is 1. The maximum atomic E-state index is 13.3. The molecule has 0 atom stereocenters. The Kier molecular flexibility index (Phi) is 4.04. The summed E-state index contributed by atoms with van der Waals surface area (Å²) in [5.41, 5.74) is -0.371. The first kappa shape index (κ1) is 16.1. The molecule has 1 aromatic carbocycles. The maximum absolute atomic E-state index is 13.3. The molecule has 0 amide bonds. The van der Waals surface area contributed by atoms with Crippen molar-refractivity contribution in [2.75, 3.05) is 0 Å². The number of hydrogen-bond acceptors (Lipinski definition) is 2. The molecule has 0 saturated heterocycles. The lowest BCUT2D eigenvalue weighted by Gasteiger charge is -2.08. The van der Waals surface area contributed by atoms with Crippen LogP contribution in [0.2, 0.25) is 0 Å². The molecule has 24 heavy (non-hydrogen) atoms. The molecule has 3 aromatic rings. The van der Waals surface area contributed by atoms with Gasteiger partial charge >= 0.3 is 6.18 Å². The first-order valence-corrected chi connectivity index (χ1v) is 6.83. The Morgan fingerprint density at radius 1 is 1.04 bits per heavy atom. The van der Waals surface area contributed by atoms with Crippen LogP contribution in [0.3, 0.4) is 0 Å². The first-order valence-electron chi connectivity index (χ1n) is 6.83. The second-order valence-corrected chi connectivity index (χ2v) is 5.07. The van der Waals surface area contributed by atoms with Gasteiger partial charge < -0.3 is 4.57 Å². The average Bonchev–Trinajstić information content (AvgIpc) is 2.96. The fraction of sp³-hybridized carbons (Fsp3) is 0.125. The van der Waals surface area contributed by atoms with E-state index in [1.165, 1.54) is 23.0 Å². The predicted molar refractivity (Wildman–Crippen MR) is 75.9 cm³/mol. The van der Waals surface area contributed by atoms with E-state index in [-0.39, 0.29) is 12.4 Å². The minimum Gasteiger partial charge on any atom is -0.326 e. The largest absolute Gasteiger partial charge is 0.434 e. The minimum absolute atomic E-state index is 0.0418. The van der Waals surface area contributed by atoms with Crippen LogP contribution in [0.4, 0.5) is 22.0 Å². The van der Waals surface area contributed by atoms with E-state index in [2.05, 4.69) is 9.97 Å². The molecule has 0 radical (unpaired) electrons. The highest BCUT2D eigenvalue weighted by atomic mass is 19.4. The molecule has 0 aliphatic carbocycles. The Bertz CT molecular complexity index is 856. The molecule has 0 unspecified atom stereocenters. The maximum Gasteiger partial charge on any atom is 0.434 e. The Hall–Kier alpha value is -2.77. The summed E-state index contributed by atoms with van der Waals surface area (Å²) < 4.78 is 66.4. The molecule has 0 saturated carbocycles. The molecule has 0 fully saturated rings. The highest BCUT2D eigenvalue weighted by Gasteiger charge is 2.35. The molecule has 3 nitrogen and oxygen atoms in total. The Morgan fingerprint density at radius 3 is 2.46 bits per heavy atom. The molecule has 8 heteroatoms. The zero-order chi connectivity index (χ0) is 17.3. The molecule has 0 bridgehead atoms. The van der Waals surface area contributed by atoms with Gasteiger partial charge in [0.15, 0.2) is 17.3 Å². The fourth-order valence-electron chi connectivity index (χ4n) is 2.23. The second-order valence-electron chi connectivity index (χ2n) is 5.07. The molecule has 3 rings (SSSR count). The monoisotopic (exact) mass is 339 g/mol. The zero-order valence-corrected chi connectivity index (χ0v) is 12.1. The summed E-state index contributed by atoms with van der Waals surface area (Å²) in [6.07, 6.45) is -0.916. The van der Waals surface area contributed by atoms with Gasteiger partial charge in [0.05, 0.1) is 0 Å². The Balaban J connectivity index is 2.05. The standard InChI is InChI=1S/C16H10F5N3/c17-12-4-3-10(6-13(12)18)8-24-9-14(16(19,20)21)23-15(24)11-2-1-5-22-7-11/h1-7,9H,8H2. The van der Waals surface area contributed by atoms with Crippen molar-refractivity contribution in [3.63, 3.8) is 0 Å². The van der Waals surface area contributed by atoms with Crippen molar-refractivity contribution in [2.24, 2.45) is 0 Å². The van der Waals surface area contributed by atoms with Crippen LogP contribution in [0.15, 0.2) is 48.9 Å². The third-order valence-corrected chi connectivity index (χ3v) is 3.32. The van der Waals surface area contributed by atoms with E-state index in [1.807, 2.05) is 0 Å². The van der Waals surface area contributed by atoms with Crippen LogP contribution in [0.1, 0.15) is 11.3 Å². The van der Waals surface area contributed by atoms with Crippen LogP contribution in [0.25, 0.3) is 11.4 Å². The number of hydrogen-bond donors (Lipinski definition) is 0. The molecule has 0 aliphatic rings. The van der Waals surface area contributed by atoms with Crippen LogP contribution in [0.5, 0.6) is 0 Å². The summed E-state index contributed by atoms with van der Waals surface area (Å²) in [6, 6.07) is 6.31. The van der Waals surface area contributed by atoms with E-state index in [4.69, 9.17) is 0 Å². The van der Waals surface area contributed by atoms with Crippen LogP contribution >= 0.6 is 0 Å². The number of nitrogens with zero attached hydrogens (tertiary/aromatic N) is 3. The fourth-order valence-corrected chi connectivity index (χ4v) is 2.23. The molecule has 2 heterocycles. The van der Waals surface area contributed by atoms with Crippen molar-refractivity contribution < 1.29 is 22.0 Å². The number of halogens is 5. The third-order valence-electron chi connectivity index (χ3n) is 3.32. The van der Waals surface area contributed by atoms with Crippen molar-refractivity contribution in [3.8, 4) is 11.4 Å². The number of imidazole rings is 1. The van der Waals surface area contributed by atoms with Crippen LogP contribution in [-0.2, 0) is 12.7 Å². The number of pyridine rings is 1. The van der Waals surface area contributed by atoms with Crippen LogP contribution < -0.4 is 0 Å². The van der Waals surface area contributed by atoms with Gasteiger partial charge in [0.1, 0.15) is 5.82 Å². The van der Waals surface area contributed by atoms with Crippen molar-refractivity contribution in [3.05, 3.63) is 71.8 Å². The van der Waals surface area contributed by atoms with Gasteiger partial charge in [0.25, 0.3) is 0 Å². The lowest BCUT2D eigenvalue weighted by molar-refractivity contribution is -0.140. The molecule has 2 aromatic heterocycles. The van der Waals surface area contributed by atoms with Gasteiger partial charge in [0.2, 0.25) is 0 Å². The highest BCUT2D eigenvalue weighted by molar-refractivity contribution is 5.54. The summed E-state index contributed by atoms with van der Waals surface area (Å²) in [5.74, 6) is -2.04. The van der Waals surface area contributed by atoms with Gasteiger partial charge in [-0.3, -0.25) is 4.98 Å². The van der Waals surface area contributed by atoms with Crippen molar-refractivity contribution >= 4 is 0 Å². The van der Waals surface area contributed by atoms with Crippen molar-refractivity contribution in [1.29, 1.82) is 0 Å². The first-order chi connectivity index (χ1) is 11.3. The zero-order valence-electron chi connectivity index (χ0n) is 12.1. The Labute approximate surface area is 133 Å². The minimum atomic E-state index is -4.61. The van der Waals surface area contributed by atoms with Gasteiger partial charge in [-0.2, -0.15) is 13.2 Å². The summed E-state index contributed by atoms with van der Waals surface area (Å²) >= 11 is 0. The number of rotatable bonds is 3. The van der Waals surface area contributed by atoms with E-state index < -0.39 is 23.5 Å². The predicted octanol–water partition coefficient (Wildman–Crippen LogP) is 4.29. The number of aromatic nitrogens is 3. The van der Waals surface area contributed by atoms with Gasteiger partial charge in [-0.15, -0.1) is 0 Å². The third kappa shape index (κ3) is 3.27. The van der Waals surface area contributed by atoms with E-state index in [0.29, 0.717) is 11.1 Å².